The molecule has 0 aliphatic heterocycles. The highest BCUT2D eigenvalue weighted by atomic mass is 16.6. The summed E-state index contributed by atoms with van der Waals surface area (Å²) in [6.45, 7) is 1.71. The molecule has 116 valence electrons. The van der Waals surface area contributed by atoms with Gasteiger partial charge in [-0.05, 0) is 18.6 Å². The maximum atomic E-state index is 11.7. The Kier molecular flexibility index (Phi) is 6.01. The summed E-state index contributed by atoms with van der Waals surface area (Å²) >= 11 is 0. The van der Waals surface area contributed by atoms with Crippen molar-refractivity contribution in [1.29, 1.82) is 5.26 Å². The molecule has 8 heteroatoms. The molecule has 22 heavy (non-hydrogen) atoms. The standard InChI is InChI=1S/C14H14N2O6/c1-3-22-14(18)11(8-15)9-4-5-12(16(19)20)10(6-9)7-13(17)21-2/h4-6,11H,3,7H2,1-2H3. The van der Waals surface area contributed by atoms with Gasteiger partial charge in [0.25, 0.3) is 5.69 Å². The van der Waals surface area contributed by atoms with Crippen LogP contribution in [0.4, 0.5) is 5.69 Å². The number of benzene rings is 1. The lowest BCUT2D eigenvalue weighted by atomic mass is 9.96. The van der Waals surface area contributed by atoms with Crippen LogP contribution in [0.25, 0.3) is 0 Å². The van der Waals surface area contributed by atoms with Gasteiger partial charge in [0.15, 0.2) is 5.92 Å². The molecular formula is C14H14N2O6. The molecule has 0 radical (unpaired) electrons. The molecule has 0 aromatic heterocycles. The van der Waals surface area contributed by atoms with Crippen LogP contribution < -0.4 is 0 Å². The van der Waals surface area contributed by atoms with Gasteiger partial charge in [-0.25, -0.2) is 0 Å². The molecule has 0 amide bonds. The smallest absolute Gasteiger partial charge is 0.327 e. The summed E-state index contributed by atoms with van der Waals surface area (Å²) in [5.41, 5.74) is 0.0130. The number of rotatable bonds is 6. The zero-order valence-electron chi connectivity index (χ0n) is 12.1. The highest BCUT2D eigenvalue weighted by Crippen LogP contribution is 2.26. The van der Waals surface area contributed by atoms with Crippen LogP contribution in [0.3, 0.4) is 0 Å². The SMILES string of the molecule is CCOC(=O)C(C#N)c1ccc([N+](=O)[O-])c(CC(=O)OC)c1. The molecule has 0 saturated heterocycles. The van der Waals surface area contributed by atoms with Crippen molar-refractivity contribution in [3.8, 4) is 6.07 Å². The van der Waals surface area contributed by atoms with E-state index in [1.807, 2.05) is 0 Å². The Balaban J connectivity index is 3.25. The molecular weight excluding hydrogens is 292 g/mol. The average molecular weight is 306 g/mol. The van der Waals surface area contributed by atoms with Gasteiger partial charge >= 0.3 is 11.9 Å². The molecule has 0 aliphatic carbocycles. The number of ether oxygens (including phenoxy) is 2. The third-order valence-electron chi connectivity index (χ3n) is 2.85. The zero-order chi connectivity index (χ0) is 16.7. The monoisotopic (exact) mass is 306 g/mol. The number of methoxy groups -OCH3 is 1. The summed E-state index contributed by atoms with van der Waals surface area (Å²) < 4.78 is 9.27. The van der Waals surface area contributed by atoms with Gasteiger partial charge in [-0.2, -0.15) is 5.26 Å². The number of nitro groups is 1. The second-order valence-electron chi connectivity index (χ2n) is 4.21. The molecule has 0 fully saturated rings. The molecule has 1 rings (SSSR count). The maximum Gasteiger partial charge on any atom is 0.327 e. The highest BCUT2D eigenvalue weighted by molar-refractivity contribution is 5.82. The fourth-order valence-electron chi connectivity index (χ4n) is 1.82. The van der Waals surface area contributed by atoms with Crippen molar-refractivity contribution in [2.24, 2.45) is 0 Å². The van der Waals surface area contributed by atoms with Gasteiger partial charge in [0.05, 0.1) is 31.1 Å². The first-order valence-corrected chi connectivity index (χ1v) is 6.34. The first-order valence-electron chi connectivity index (χ1n) is 6.34. The Morgan fingerprint density at radius 3 is 2.64 bits per heavy atom. The van der Waals surface area contributed by atoms with Crippen LogP contribution in [-0.2, 0) is 25.5 Å². The van der Waals surface area contributed by atoms with Gasteiger partial charge in [0.2, 0.25) is 0 Å². The van der Waals surface area contributed by atoms with Crippen LogP contribution in [0.15, 0.2) is 18.2 Å². The molecule has 1 aromatic rings. The molecule has 1 aromatic carbocycles. The Morgan fingerprint density at radius 1 is 1.45 bits per heavy atom. The first-order chi connectivity index (χ1) is 10.4. The normalized spacial score (nSPS) is 11.1. The summed E-state index contributed by atoms with van der Waals surface area (Å²) in [6.07, 6.45) is -0.332. The van der Waals surface area contributed by atoms with E-state index in [0.29, 0.717) is 0 Å². The van der Waals surface area contributed by atoms with Crippen LogP contribution in [0, 0.1) is 21.4 Å². The third kappa shape index (κ3) is 4.02. The number of nitriles is 1. The van der Waals surface area contributed by atoms with Crippen molar-refractivity contribution in [1.82, 2.24) is 0 Å². The number of nitrogens with zero attached hydrogens (tertiary/aromatic N) is 2. The van der Waals surface area contributed by atoms with E-state index in [4.69, 9.17) is 10.00 Å². The van der Waals surface area contributed by atoms with Crippen molar-refractivity contribution in [3.05, 3.63) is 39.4 Å². The van der Waals surface area contributed by atoms with Crippen LogP contribution in [0.1, 0.15) is 24.0 Å². The van der Waals surface area contributed by atoms with Crippen molar-refractivity contribution < 1.29 is 24.0 Å². The minimum atomic E-state index is -1.21. The number of esters is 2. The summed E-state index contributed by atoms with van der Waals surface area (Å²) in [5.74, 6) is -2.62. The lowest BCUT2D eigenvalue weighted by Gasteiger charge is -2.10. The first kappa shape index (κ1) is 17.1. The fraction of sp³-hybridized carbons (Fsp3) is 0.357. The summed E-state index contributed by atoms with van der Waals surface area (Å²) in [7, 11) is 1.16. The predicted octanol–water partition coefficient (Wildman–Crippen LogP) is 1.48. The average Bonchev–Trinajstić information content (AvgIpc) is 2.48. The van der Waals surface area contributed by atoms with E-state index in [0.717, 1.165) is 13.2 Å². The lowest BCUT2D eigenvalue weighted by Crippen LogP contribution is -2.15. The van der Waals surface area contributed by atoms with Gasteiger partial charge in [-0.1, -0.05) is 6.07 Å². The summed E-state index contributed by atoms with van der Waals surface area (Å²) in [6, 6.07) is 5.51. The molecule has 0 aliphatic rings. The van der Waals surface area contributed by atoms with Gasteiger partial charge < -0.3 is 9.47 Å². The quantitative estimate of drug-likeness (QED) is 0.443. The van der Waals surface area contributed by atoms with E-state index in [9.17, 15) is 19.7 Å². The van der Waals surface area contributed by atoms with E-state index in [-0.39, 0.29) is 29.8 Å². The Labute approximate surface area is 126 Å². The van der Waals surface area contributed by atoms with Crippen LogP contribution in [0.2, 0.25) is 0 Å². The molecule has 0 N–H and O–H groups in total. The predicted molar refractivity (Wildman–Crippen MR) is 73.8 cm³/mol. The third-order valence-corrected chi connectivity index (χ3v) is 2.85. The van der Waals surface area contributed by atoms with E-state index in [1.165, 1.54) is 12.1 Å². The maximum absolute atomic E-state index is 11.7. The highest BCUT2D eigenvalue weighted by Gasteiger charge is 2.25. The second kappa shape index (κ2) is 7.73. The number of carbonyl (C=O) groups is 2. The molecule has 0 bridgehead atoms. The minimum Gasteiger partial charge on any atom is -0.469 e. The summed E-state index contributed by atoms with van der Waals surface area (Å²) in [4.78, 5) is 33.4. The van der Waals surface area contributed by atoms with Gasteiger partial charge in [0.1, 0.15) is 0 Å². The topological polar surface area (TPSA) is 120 Å². The van der Waals surface area contributed by atoms with Crippen LogP contribution in [-0.4, -0.2) is 30.6 Å². The summed E-state index contributed by atoms with van der Waals surface area (Å²) in [5, 5.41) is 20.1. The van der Waals surface area contributed by atoms with Crippen molar-refractivity contribution >= 4 is 17.6 Å². The van der Waals surface area contributed by atoms with E-state index in [1.54, 1.807) is 13.0 Å². The minimum absolute atomic E-state index is 0.0684. The van der Waals surface area contributed by atoms with Crippen molar-refractivity contribution in [2.75, 3.05) is 13.7 Å². The largest absolute Gasteiger partial charge is 0.469 e. The number of hydrogen-bond donors (Lipinski definition) is 0. The Morgan fingerprint density at radius 2 is 2.14 bits per heavy atom. The zero-order valence-corrected chi connectivity index (χ0v) is 12.1. The molecule has 8 nitrogen and oxygen atoms in total. The van der Waals surface area contributed by atoms with Crippen molar-refractivity contribution in [2.45, 2.75) is 19.3 Å². The van der Waals surface area contributed by atoms with Gasteiger partial charge in [-0.15, -0.1) is 0 Å². The van der Waals surface area contributed by atoms with E-state index < -0.39 is 22.8 Å². The second-order valence-corrected chi connectivity index (χ2v) is 4.21. The number of carbonyl (C=O) groups excluding carboxylic acids is 2. The molecule has 0 spiro atoms. The fourth-order valence-corrected chi connectivity index (χ4v) is 1.82. The molecule has 0 saturated carbocycles. The van der Waals surface area contributed by atoms with Crippen LogP contribution >= 0.6 is 0 Å². The van der Waals surface area contributed by atoms with Gasteiger partial charge in [-0.3, -0.25) is 19.7 Å². The lowest BCUT2D eigenvalue weighted by molar-refractivity contribution is -0.385. The Hall–Kier alpha value is -2.95. The molecule has 1 atom stereocenters. The molecule has 0 heterocycles. The van der Waals surface area contributed by atoms with Crippen LogP contribution in [0.5, 0.6) is 0 Å². The Bertz CT molecular complexity index is 635. The molecule has 1 unspecified atom stereocenters. The number of hydrogen-bond acceptors (Lipinski definition) is 7. The van der Waals surface area contributed by atoms with E-state index >= 15 is 0 Å². The van der Waals surface area contributed by atoms with E-state index in [2.05, 4.69) is 4.74 Å². The number of nitro benzene ring substituents is 1. The van der Waals surface area contributed by atoms with Crippen molar-refractivity contribution in [3.63, 3.8) is 0 Å². The van der Waals surface area contributed by atoms with Gasteiger partial charge in [0, 0.05) is 11.6 Å².